The molecule has 0 aliphatic carbocycles. The first-order valence-corrected chi connectivity index (χ1v) is 10.6. The van der Waals surface area contributed by atoms with E-state index in [0.29, 0.717) is 24.5 Å². The van der Waals surface area contributed by atoms with Crippen molar-refractivity contribution in [2.75, 3.05) is 26.2 Å². The standard InChI is InChI=1S/C19H21N5O4S/c1-14-18(15(2)28-21-14)29(26,27)23-10-8-22(9-11-23)19(25)17-12-20-13-24(17)16-6-4-3-5-7-16/h3-7,12-13H,8-11H2,1-2H3. The molecule has 1 aromatic carbocycles. The van der Waals surface area contributed by atoms with Crippen LogP contribution in [0.3, 0.4) is 0 Å². The molecule has 0 unspecified atom stereocenters. The molecule has 0 N–H and O–H groups in total. The van der Waals surface area contributed by atoms with E-state index in [1.54, 1.807) is 29.6 Å². The zero-order chi connectivity index (χ0) is 20.6. The molecule has 2 aromatic heterocycles. The quantitative estimate of drug-likeness (QED) is 0.642. The highest BCUT2D eigenvalue weighted by atomic mass is 32.2. The highest BCUT2D eigenvalue weighted by Gasteiger charge is 2.34. The Bertz CT molecular complexity index is 1110. The van der Waals surface area contributed by atoms with Gasteiger partial charge >= 0.3 is 0 Å². The van der Waals surface area contributed by atoms with Gasteiger partial charge in [-0.3, -0.25) is 9.36 Å². The molecule has 9 nitrogen and oxygen atoms in total. The lowest BCUT2D eigenvalue weighted by Crippen LogP contribution is -2.50. The Morgan fingerprint density at radius 1 is 1.07 bits per heavy atom. The Hall–Kier alpha value is -2.98. The van der Waals surface area contributed by atoms with E-state index in [2.05, 4.69) is 10.1 Å². The van der Waals surface area contributed by atoms with E-state index in [1.807, 2.05) is 30.3 Å². The number of aromatic nitrogens is 3. The van der Waals surface area contributed by atoms with E-state index in [4.69, 9.17) is 4.52 Å². The monoisotopic (exact) mass is 415 g/mol. The van der Waals surface area contributed by atoms with Crippen LogP contribution in [0.25, 0.3) is 5.69 Å². The average Bonchev–Trinajstić information content (AvgIpc) is 3.35. The molecule has 152 valence electrons. The molecule has 0 saturated carbocycles. The first-order valence-electron chi connectivity index (χ1n) is 9.19. The second-order valence-corrected chi connectivity index (χ2v) is 8.71. The van der Waals surface area contributed by atoms with Crippen molar-refractivity contribution in [3.05, 3.63) is 60.0 Å². The number of benzene rings is 1. The molecule has 4 rings (SSSR count). The van der Waals surface area contributed by atoms with Crippen molar-refractivity contribution in [3.8, 4) is 5.69 Å². The van der Waals surface area contributed by atoms with E-state index in [-0.39, 0.29) is 29.7 Å². The zero-order valence-electron chi connectivity index (χ0n) is 16.1. The van der Waals surface area contributed by atoms with Crippen molar-refractivity contribution in [1.82, 2.24) is 23.9 Å². The molecule has 0 spiro atoms. The van der Waals surface area contributed by atoms with Crippen LogP contribution in [0.4, 0.5) is 0 Å². The summed E-state index contributed by atoms with van der Waals surface area (Å²) in [5.41, 5.74) is 1.62. The normalized spacial score (nSPS) is 15.6. The number of aryl methyl sites for hydroxylation is 2. The lowest BCUT2D eigenvalue weighted by Gasteiger charge is -2.33. The first-order chi connectivity index (χ1) is 13.9. The third kappa shape index (κ3) is 3.45. The van der Waals surface area contributed by atoms with Crippen LogP contribution in [0.2, 0.25) is 0 Å². The van der Waals surface area contributed by atoms with Gasteiger partial charge in [-0.1, -0.05) is 23.4 Å². The summed E-state index contributed by atoms with van der Waals surface area (Å²) >= 11 is 0. The number of amides is 1. The van der Waals surface area contributed by atoms with Gasteiger partial charge in [0.05, 0.1) is 12.5 Å². The van der Waals surface area contributed by atoms with Crippen LogP contribution < -0.4 is 0 Å². The summed E-state index contributed by atoms with van der Waals surface area (Å²) in [5, 5.41) is 3.74. The number of hydrogen-bond acceptors (Lipinski definition) is 6. The maximum absolute atomic E-state index is 13.0. The molecule has 1 fully saturated rings. The molecule has 29 heavy (non-hydrogen) atoms. The summed E-state index contributed by atoms with van der Waals surface area (Å²) in [4.78, 5) is 18.9. The molecule has 1 aliphatic rings. The molecule has 3 aromatic rings. The number of piperazine rings is 1. The van der Waals surface area contributed by atoms with Gasteiger partial charge in [-0.15, -0.1) is 0 Å². The van der Waals surface area contributed by atoms with E-state index in [9.17, 15) is 13.2 Å². The van der Waals surface area contributed by atoms with Crippen molar-refractivity contribution in [2.24, 2.45) is 0 Å². The second-order valence-electron chi connectivity index (χ2n) is 6.83. The number of hydrogen-bond donors (Lipinski definition) is 0. The lowest BCUT2D eigenvalue weighted by molar-refractivity contribution is 0.0689. The van der Waals surface area contributed by atoms with Crippen LogP contribution in [-0.2, 0) is 10.0 Å². The minimum atomic E-state index is -3.71. The Morgan fingerprint density at radius 3 is 2.38 bits per heavy atom. The minimum absolute atomic E-state index is 0.111. The van der Waals surface area contributed by atoms with Crippen molar-refractivity contribution in [2.45, 2.75) is 18.7 Å². The third-order valence-corrected chi connectivity index (χ3v) is 7.13. The summed E-state index contributed by atoms with van der Waals surface area (Å²) in [6.07, 6.45) is 3.13. The first kappa shape index (κ1) is 19.3. The topological polar surface area (TPSA) is 102 Å². The van der Waals surface area contributed by atoms with Crippen LogP contribution in [0.5, 0.6) is 0 Å². The fraction of sp³-hybridized carbons (Fsp3) is 0.316. The van der Waals surface area contributed by atoms with Gasteiger partial charge in [-0.05, 0) is 26.0 Å². The predicted molar refractivity (Wildman–Crippen MR) is 104 cm³/mol. The van der Waals surface area contributed by atoms with Gasteiger partial charge < -0.3 is 9.42 Å². The number of imidazole rings is 1. The maximum Gasteiger partial charge on any atom is 0.272 e. The highest BCUT2D eigenvalue weighted by Crippen LogP contribution is 2.24. The van der Waals surface area contributed by atoms with E-state index < -0.39 is 10.0 Å². The molecule has 1 amide bonds. The van der Waals surface area contributed by atoms with Gasteiger partial charge in [0.2, 0.25) is 10.0 Å². The van der Waals surface area contributed by atoms with Crippen LogP contribution >= 0.6 is 0 Å². The third-order valence-electron chi connectivity index (χ3n) is 4.98. The van der Waals surface area contributed by atoms with Gasteiger partial charge in [-0.2, -0.15) is 4.31 Å². The lowest BCUT2D eigenvalue weighted by atomic mass is 10.3. The summed E-state index contributed by atoms with van der Waals surface area (Å²) in [7, 11) is -3.71. The molecule has 0 atom stereocenters. The van der Waals surface area contributed by atoms with Crippen molar-refractivity contribution in [3.63, 3.8) is 0 Å². The maximum atomic E-state index is 13.0. The Morgan fingerprint density at radius 2 is 1.76 bits per heavy atom. The second kappa shape index (κ2) is 7.45. The summed E-state index contributed by atoms with van der Waals surface area (Å²) < 4.78 is 34.0. The Labute approximate surface area is 168 Å². The number of nitrogens with zero attached hydrogens (tertiary/aromatic N) is 5. The van der Waals surface area contributed by atoms with Crippen molar-refractivity contribution in [1.29, 1.82) is 0 Å². The van der Waals surface area contributed by atoms with Crippen LogP contribution in [-0.4, -0.2) is 64.4 Å². The van der Waals surface area contributed by atoms with E-state index in [1.165, 1.54) is 10.5 Å². The molecular formula is C19H21N5O4S. The predicted octanol–water partition coefficient (Wildman–Crippen LogP) is 1.62. The van der Waals surface area contributed by atoms with Gasteiger partial charge in [-0.25, -0.2) is 13.4 Å². The fourth-order valence-corrected chi connectivity index (χ4v) is 5.23. The van der Waals surface area contributed by atoms with Crippen LogP contribution in [0, 0.1) is 13.8 Å². The SMILES string of the molecule is Cc1noc(C)c1S(=O)(=O)N1CCN(C(=O)c2cncn2-c2ccccc2)CC1. The molecule has 1 saturated heterocycles. The number of rotatable bonds is 4. The Balaban J connectivity index is 1.50. The largest absolute Gasteiger partial charge is 0.360 e. The van der Waals surface area contributed by atoms with Gasteiger partial charge in [0.1, 0.15) is 16.3 Å². The highest BCUT2D eigenvalue weighted by molar-refractivity contribution is 7.89. The smallest absolute Gasteiger partial charge is 0.272 e. The van der Waals surface area contributed by atoms with Gasteiger partial charge in [0.25, 0.3) is 5.91 Å². The van der Waals surface area contributed by atoms with Crippen LogP contribution in [0.15, 0.2) is 52.3 Å². The molecule has 10 heteroatoms. The van der Waals surface area contributed by atoms with E-state index in [0.717, 1.165) is 5.69 Å². The number of carbonyl (C=O) groups is 1. The average molecular weight is 415 g/mol. The summed E-state index contributed by atoms with van der Waals surface area (Å²) in [5.74, 6) is 0.0912. The number of carbonyl (C=O) groups excluding carboxylic acids is 1. The summed E-state index contributed by atoms with van der Waals surface area (Å²) in [6, 6.07) is 9.48. The minimum Gasteiger partial charge on any atom is -0.360 e. The molecular weight excluding hydrogens is 394 g/mol. The van der Waals surface area contributed by atoms with Gasteiger partial charge in [0, 0.05) is 31.9 Å². The zero-order valence-corrected chi connectivity index (χ0v) is 17.0. The molecule has 1 aliphatic heterocycles. The van der Waals surface area contributed by atoms with E-state index >= 15 is 0 Å². The van der Waals surface area contributed by atoms with Gasteiger partial charge in [0.15, 0.2) is 5.76 Å². The number of sulfonamides is 1. The number of para-hydroxylation sites is 1. The summed E-state index contributed by atoms with van der Waals surface area (Å²) in [6.45, 7) is 4.18. The molecule has 0 radical (unpaired) electrons. The van der Waals surface area contributed by atoms with Crippen molar-refractivity contribution < 1.29 is 17.7 Å². The van der Waals surface area contributed by atoms with Crippen molar-refractivity contribution >= 4 is 15.9 Å². The molecule has 0 bridgehead atoms. The molecule has 3 heterocycles. The fourth-order valence-electron chi connectivity index (χ4n) is 3.51. The Kier molecular flexibility index (Phi) is 4.97. The van der Waals surface area contributed by atoms with Crippen LogP contribution in [0.1, 0.15) is 21.9 Å².